The van der Waals surface area contributed by atoms with Crippen LogP contribution in [0.5, 0.6) is 0 Å². The number of hydrogen-bond donors (Lipinski definition) is 0. The first-order valence-electron chi connectivity index (χ1n) is 9.95. The molecule has 5 nitrogen and oxygen atoms in total. The van der Waals surface area contributed by atoms with Crippen LogP contribution in [0.2, 0.25) is 0 Å². The Morgan fingerprint density at radius 1 is 1.07 bits per heavy atom. The summed E-state index contributed by atoms with van der Waals surface area (Å²) in [6.45, 7) is 0.981. The number of benzene rings is 2. The summed E-state index contributed by atoms with van der Waals surface area (Å²) in [7, 11) is 2.01. The van der Waals surface area contributed by atoms with Crippen LogP contribution in [-0.4, -0.2) is 29.6 Å². The molecule has 0 saturated carbocycles. The van der Waals surface area contributed by atoms with Crippen LogP contribution in [0.15, 0.2) is 79.0 Å². The van der Waals surface area contributed by atoms with E-state index < -0.39 is 0 Å². The van der Waals surface area contributed by atoms with Crippen molar-refractivity contribution in [1.29, 1.82) is 0 Å². The summed E-state index contributed by atoms with van der Waals surface area (Å²) >= 11 is 0. The molecule has 0 bridgehead atoms. The summed E-state index contributed by atoms with van der Waals surface area (Å²) in [5.41, 5.74) is 3.10. The molecular weight excluding hydrogens is 362 g/mol. The van der Waals surface area contributed by atoms with E-state index in [0.717, 1.165) is 35.5 Å². The van der Waals surface area contributed by atoms with E-state index in [1.54, 1.807) is 6.20 Å². The highest BCUT2D eigenvalue weighted by Crippen LogP contribution is 2.38. The maximum Gasteiger partial charge on any atom is 0.410 e. The van der Waals surface area contributed by atoms with Crippen molar-refractivity contribution in [2.75, 3.05) is 18.5 Å². The summed E-state index contributed by atoms with van der Waals surface area (Å²) in [5, 5.41) is 0. The quantitative estimate of drug-likeness (QED) is 0.594. The molecule has 3 aromatic rings. The molecule has 1 aliphatic heterocycles. The van der Waals surface area contributed by atoms with Gasteiger partial charge in [0.25, 0.3) is 0 Å². The Kier molecular flexibility index (Phi) is 5.75. The van der Waals surface area contributed by atoms with Crippen molar-refractivity contribution in [2.24, 2.45) is 0 Å². The second-order valence-electron chi connectivity index (χ2n) is 7.20. The molecule has 1 unspecified atom stereocenters. The number of carbonyl (C=O) groups excluding carboxylic acids is 1. The molecule has 4 rings (SSSR count). The third-order valence-electron chi connectivity index (χ3n) is 5.33. The van der Waals surface area contributed by atoms with E-state index in [1.807, 2.05) is 66.5 Å². The fourth-order valence-electron chi connectivity index (χ4n) is 3.83. The van der Waals surface area contributed by atoms with Gasteiger partial charge in [0.1, 0.15) is 12.4 Å². The predicted molar refractivity (Wildman–Crippen MR) is 114 cm³/mol. The number of anilines is 2. The number of amides is 1. The molecule has 0 spiro atoms. The first kappa shape index (κ1) is 19.0. The van der Waals surface area contributed by atoms with Gasteiger partial charge in [0.05, 0.1) is 6.04 Å². The molecule has 2 aromatic carbocycles. The van der Waals surface area contributed by atoms with Crippen LogP contribution in [0.4, 0.5) is 16.3 Å². The molecule has 1 aromatic heterocycles. The van der Waals surface area contributed by atoms with Gasteiger partial charge < -0.3 is 14.5 Å². The maximum atomic E-state index is 12.8. The minimum Gasteiger partial charge on any atom is -0.445 e. The van der Waals surface area contributed by atoms with Gasteiger partial charge in [-0.3, -0.25) is 0 Å². The maximum absolute atomic E-state index is 12.8. The van der Waals surface area contributed by atoms with Gasteiger partial charge in [-0.2, -0.15) is 0 Å². The van der Waals surface area contributed by atoms with Crippen molar-refractivity contribution < 1.29 is 9.53 Å². The number of nitrogens with zero attached hydrogens (tertiary/aromatic N) is 3. The predicted octanol–water partition coefficient (Wildman–Crippen LogP) is 5.32. The van der Waals surface area contributed by atoms with E-state index in [9.17, 15) is 4.79 Å². The number of para-hydroxylation sites is 1. The van der Waals surface area contributed by atoms with E-state index in [1.165, 1.54) is 0 Å². The number of ether oxygens (including phenoxy) is 1. The largest absolute Gasteiger partial charge is 0.445 e. The van der Waals surface area contributed by atoms with Gasteiger partial charge in [-0.25, -0.2) is 9.78 Å². The monoisotopic (exact) mass is 387 g/mol. The Morgan fingerprint density at radius 3 is 2.55 bits per heavy atom. The van der Waals surface area contributed by atoms with Crippen LogP contribution in [-0.2, 0) is 11.3 Å². The SMILES string of the molecule is CN(c1ccccc1)c1ncccc1C1CCCN1C(=O)OCc1ccccc1. The minimum atomic E-state index is -0.270. The number of pyridine rings is 1. The molecular formula is C24H25N3O2. The molecule has 0 aliphatic carbocycles. The average molecular weight is 387 g/mol. The Bertz CT molecular complexity index is 947. The molecule has 148 valence electrons. The van der Waals surface area contributed by atoms with E-state index in [2.05, 4.69) is 28.1 Å². The van der Waals surface area contributed by atoms with Crippen LogP contribution >= 0.6 is 0 Å². The number of hydrogen-bond acceptors (Lipinski definition) is 4. The number of likely N-dealkylation sites (tertiary alicyclic amines) is 1. The zero-order valence-corrected chi connectivity index (χ0v) is 16.6. The van der Waals surface area contributed by atoms with Gasteiger partial charge in [0, 0.05) is 31.0 Å². The van der Waals surface area contributed by atoms with Crippen molar-refractivity contribution in [3.05, 3.63) is 90.1 Å². The molecule has 1 amide bonds. The molecule has 1 atom stereocenters. The average Bonchev–Trinajstić information content (AvgIpc) is 3.28. The van der Waals surface area contributed by atoms with Crippen LogP contribution < -0.4 is 4.90 Å². The topological polar surface area (TPSA) is 45.7 Å². The van der Waals surface area contributed by atoms with Gasteiger partial charge >= 0.3 is 6.09 Å². The van der Waals surface area contributed by atoms with E-state index in [-0.39, 0.29) is 18.7 Å². The second-order valence-corrected chi connectivity index (χ2v) is 7.20. The molecule has 1 saturated heterocycles. The third-order valence-corrected chi connectivity index (χ3v) is 5.33. The van der Waals surface area contributed by atoms with Crippen molar-refractivity contribution in [1.82, 2.24) is 9.88 Å². The Labute approximate surface area is 171 Å². The molecule has 0 radical (unpaired) electrons. The standard InChI is InChI=1S/C24H25N3O2/c1-26(20-12-6-3-7-13-20)23-21(14-8-16-25-23)22-15-9-17-27(22)24(28)29-18-19-10-4-2-5-11-19/h2-8,10-14,16,22H,9,15,17-18H2,1H3. The van der Waals surface area contributed by atoms with Gasteiger partial charge in [-0.05, 0) is 36.6 Å². The lowest BCUT2D eigenvalue weighted by Gasteiger charge is -2.28. The lowest BCUT2D eigenvalue weighted by atomic mass is 10.0. The fourth-order valence-corrected chi connectivity index (χ4v) is 3.83. The lowest BCUT2D eigenvalue weighted by molar-refractivity contribution is 0.0921. The summed E-state index contributed by atoms with van der Waals surface area (Å²) in [5.74, 6) is 0.867. The van der Waals surface area contributed by atoms with Crippen LogP contribution in [0.25, 0.3) is 0 Å². The van der Waals surface area contributed by atoms with Crippen molar-refractivity contribution in [3.63, 3.8) is 0 Å². The van der Waals surface area contributed by atoms with E-state index in [4.69, 9.17) is 4.74 Å². The van der Waals surface area contributed by atoms with Crippen molar-refractivity contribution in [2.45, 2.75) is 25.5 Å². The van der Waals surface area contributed by atoms with Gasteiger partial charge in [0.2, 0.25) is 0 Å². The molecule has 1 aliphatic rings. The molecule has 29 heavy (non-hydrogen) atoms. The lowest BCUT2D eigenvalue weighted by Crippen LogP contribution is -2.32. The summed E-state index contributed by atoms with van der Waals surface area (Å²) < 4.78 is 5.60. The zero-order chi connectivity index (χ0) is 20.1. The minimum absolute atomic E-state index is 0.0341. The van der Waals surface area contributed by atoms with Gasteiger partial charge in [0.15, 0.2) is 0 Å². The smallest absolute Gasteiger partial charge is 0.410 e. The first-order chi connectivity index (χ1) is 14.2. The normalized spacial score (nSPS) is 15.9. The first-order valence-corrected chi connectivity index (χ1v) is 9.95. The second kappa shape index (κ2) is 8.78. The van der Waals surface area contributed by atoms with E-state index >= 15 is 0 Å². The van der Waals surface area contributed by atoms with Crippen LogP contribution in [0.3, 0.4) is 0 Å². The summed E-state index contributed by atoms with van der Waals surface area (Å²) in [4.78, 5) is 21.4. The molecule has 1 fully saturated rings. The highest BCUT2D eigenvalue weighted by molar-refractivity contribution is 5.70. The summed E-state index contributed by atoms with van der Waals surface area (Å²) in [6.07, 6.45) is 3.38. The fraction of sp³-hybridized carbons (Fsp3) is 0.250. The number of rotatable bonds is 5. The van der Waals surface area contributed by atoms with Gasteiger partial charge in [-0.1, -0.05) is 54.6 Å². The highest BCUT2D eigenvalue weighted by atomic mass is 16.6. The highest BCUT2D eigenvalue weighted by Gasteiger charge is 2.33. The summed E-state index contributed by atoms with van der Waals surface area (Å²) in [6, 6.07) is 23.9. The Morgan fingerprint density at radius 2 is 1.79 bits per heavy atom. The zero-order valence-electron chi connectivity index (χ0n) is 16.6. The van der Waals surface area contributed by atoms with Gasteiger partial charge in [-0.15, -0.1) is 0 Å². The molecule has 5 heteroatoms. The Balaban J connectivity index is 1.54. The Hall–Kier alpha value is -3.34. The number of carbonyl (C=O) groups is 1. The van der Waals surface area contributed by atoms with Crippen LogP contribution in [0.1, 0.15) is 30.0 Å². The third kappa shape index (κ3) is 4.24. The molecule has 0 N–H and O–H groups in total. The van der Waals surface area contributed by atoms with Crippen LogP contribution in [0, 0.1) is 0 Å². The number of aromatic nitrogens is 1. The molecule has 2 heterocycles. The van der Waals surface area contributed by atoms with E-state index in [0.29, 0.717) is 6.54 Å². The van der Waals surface area contributed by atoms with Crippen molar-refractivity contribution >= 4 is 17.6 Å². The van der Waals surface area contributed by atoms with Crippen molar-refractivity contribution in [3.8, 4) is 0 Å².